The maximum Gasteiger partial charge on any atom is 0.267 e. The molecule has 0 unspecified atom stereocenters. The van der Waals surface area contributed by atoms with Crippen LogP contribution in [0.3, 0.4) is 0 Å². The first-order chi connectivity index (χ1) is 18.5. The second kappa shape index (κ2) is 11.6. The Hall–Kier alpha value is -3.37. The number of amides is 1. The summed E-state index contributed by atoms with van der Waals surface area (Å²) >= 11 is 6.77. The van der Waals surface area contributed by atoms with Crippen LogP contribution < -0.4 is 20.1 Å². The highest BCUT2D eigenvalue weighted by Gasteiger charge is 2.33. The van der Waals surface area contributed by atoms with Crippen LogP contribution in [0.2, 0.25) is 0 Å². The lowest BCUT2D eigenvalue weighted by Gasteiger charge is -2.37. The van der Waals surface area contributed by atoms with Crippen LogP contribution in [0.4, 0.5) is 11.5 Å². The number of benzene rings is 1. The van der Waals surface area contributed by atoms with Crippen molar-refractivity contribution in [3.63, 3.8) is 0 Å². The van der Waals surface area contributed by atoms with Gasteiger partial charge in [-0.25, -0.2) is 4.98 Å². The maximum absolute atomic E-state index is 13.7. The maximum atomic E-state index is 13.7. The van der Waals surface area contributed by atoms with Crippen LogP contribution in [0.5, 0.6) is 5.75 Å². The molecule has 1 amide bonds. The molecule has 1 aromatic carbocycles. The molecule has 2 fully saturated rings. The molecule has 0 radical (unpaired) electrons. The van der Waals surface area contributed by atoms with E-state index < -0.39 is 0 Å². The molecule has 0 atom stereocenters. The number of unbranched alkanes of at least 4 members (excludes halogenated alkanes) is 2. The van der Waals surface area contributed by atoms with Crippen molar-refractivity contribution in [1.82, 2.24) is 14.3 Å². The number of carbonyl (C=O) groups is 1. The predicted molar refractivity (Wildman–Crippen MR) is 158 cm³/mol. The van der Waals surface area contributed by atoms with Crippen LogP contribution in [-0.2, 0) is 4.79 Å². The predicted octanol–water partition coefficient (Wildman–Crippen LogP) is 4.42. The first-order valence-electron chi connectivity index (χ1n) is 12.9. The van der Waals surface area contributed by atoms with E-state index >= 15 is 0 Å². The van der Waals surface area contributed by atoms with E-state index in [4.69, 9.17) is 21.9 Å². The number of carbonyl (C=O) groups excluding carboxylic acids is 1. The Morgan fingerprint density at radius 1 is 1.03 bits per heavy atom. The first kappa shape index (κ1) is 26.2. The van der Waals surface area contributed by atoms with Crippen LogP contribution in [-0.4, -0.2) is 64.3 Å². The van der Waals surface area contributed by atoms with Crippen molar-refractivity contribution < 1.29 is 9.53 Å². The third-order valence-corrected chi connectivity index (χ3v) is 8.28. The van der Waals surface area contributed by atoms with Crippen LogP contribution in [0, 0.1) is 0 Å². The lowest BCUT2D eigenvalue weighted by molar-refractivity contribution is -0.122. The number of nitrogens with zero attached hydrogens (tertiary/aromatic N) is 5. The second-order valence-corrected chi connectivity index (χ2v) is 11.0. The molecule has 2 aliphatic heterocycles. The van der Waals surface area contributed by atoms with E-state index in [-0.39, 0.29) is 11.5 Å². The fourth-order valence-corrected chi connectivity index (χ4v) is 6.06. The third kappa shape index (κ3) is 5.28. The highest BCUT2D eigenvalue weighted by Crippen LogP contribution is 2.34. The van der Waals surface area contributed by atoms with Gasteiger partial charge in [0.1, 0.15) is 21.5 Å². The van der Waals surface area contributed by atoms with Crippen molar-refractivity contribution in [2.75, 3.05) is 49.6 Å². The number of hydrogen-bond acceptors (Lipinski definition) is 8. The van der Waals surface area contributed by atoms with Gasteiger partial charge in [0.25, 0.3) is 11.5 Å². The highest BCUT2D eigenvalue weighted by atomic mass is 32.2. The molecule has 2 aliphatic rings. The lowest BCUT2D eigenvalue weighted by Crippen LogP contribution is -2.47. The Kier molecular flexibility index (Phi) is 7.99. The Bertz CT molecular complexity index is 1430. The summed E-state index contributed by atoms with van der Waals surface area (Å²) in [4.78, 5) is 38.3. The molecule has 4 heterocycles. The van der Waals surface area contributed by atoms with Crippen molar-refractivity contribution >= 4 is 57.4 Å². The van der Waals surface area contributed by atoms with Gasteiger partial charge in [0, 0.05) is 44.6 Å². The Morgan fingerprint density at radius 3 is 2.47 bits per heavy atom. The van der Waals surface area contributed by atoms with E-state index in [2.05, 4.69) is 28.9 Å². The molecule has 0 spiro atoms. The van der Waals surface area contributed by atoms with E-state index in [0.717, 1.165) is 43.8 Å². The molecular formula is C28H31N5O3S2. The van der Waals surface area contributed by atoms with Gasteiger partial charge >= 0.3 is 0 Å². The minimum absolute atomic E-state index is 0.135. The Morgan fingerprint density at radius 2 is 1.76 bits per heavy atom. The molecule has 0 bridgehead atoms. The number of fused-ring (bicyclic) bond motifs is 1. The summed E-state index contributed by atoms with van der Waals surface area (Å²) in [7, 11) is 1.66. The smallest absolute Gasteiger partial charge is 0.267 e. The van der Waals surface area contributed by atoms with Gasteiger partial charge in [0.15, 0.2) is 0 Å². The van der Waals surface area contributed by atoms with Crippen LogP contribution in [0.1, 0.15) is 31.7 Å². The van der Waals surface area contributed by atoms with Crippen molar-refractivity contribution in [3.05, 3.63) is 69.5 Å². The molecule has 10 heteroatoms. The minimum Gasteiger partial charge on any atom is -0.497 e. The van der Waals surface area contributed by atoms with Gasteiger partial charge in [-0.3, -0.25) is 18.9 Å². The monoisotopic (exact) mass is 549 g/mol. The molecule has 0 N–H and O–H groups in total. The summed E-state index contributed by atoms with van der Waals surface area (Å²) in [6, 6.07) is 13.5. The largest absolute Gasteiger partial charge is 0.497 e. The van der Waals surface area contributed by atoms with Crippen LogP contribution >= 0.6 is 24.0 Å². The summed E-state index contributed by atoms with van der Waals surface area (Å²) in [5, 5.41) is 0. The quantitative estimate of drug-likeness (QED) is 0.232. The zero-order valence-corrected chi connectivity index (χ0v) is 23.3. The van der Waals surface area contributed by atoms with Crippen LogP contribution in [0.15, 0.2) is 58.4 Å². The summed E-state index contributed by atoms with van der Waals surface area (Å²) < 4.78 is 7.36. The van der Waals surface area contributed by atoms with Gasteiger partial charge in [-0.05, 0) is 48.9 Å². The molecule has 8 nitrogen and oxygen atoms in total. The van der Waals surface area contributed by atoms with Crippen molar-refractivity contribution in [2.45, 2.75) is 26.2 Å². The zero-order chi connectivity index (χ0) is 26.6. The molecule has 2 saturated heterocycles. The van der Waals surface area contributed by atoms with Crippen molar-refractivity contribution in [2.24, 2.45) is 0 Å². The standard InChI is InChI=1S/C28H31N5O3S2/c1-3-4-6-14-33-27(35)23(38-28(33)37)19-22-25(29-24-8-5-7-13-32(24)26(22)34)31-17-15-30(16-18-31)20-9-11-21(36-2)12-10-20/h5,7-13,19H,3-4,6,14-18H2,1-2H3. The summed E-state index contributed by atoms with van der Waals surface area (Å²) in [6.07, 6.45) is 6.42. The van der Waals surface area contributed by atoms with E-state index in [1.54, 1.807) is 30.3 Å². The SMILES string of the molecule is CCCCCN1C(=O)C(=Cc2c(N3CCN(c4ccc(OC)cc4)CC3)nc3ccccn3c2=O)SC1=S. The number of thiocarbonyl (C=S) groups is 1. The number of thioether (sulfide) groups is 1. The van der Waals surface area contributed by atoms with Gasteiger partial charge < -0.3 is 14.5 Å². The van der Waals surface area contributed by atoms with Gasteiger partial charge in [-0.15, -0.1) is 0 Å². The number of aromatic nitrogens is 2. The van der Waals surface area contributed by atoms with Crippen LogP contribution in [0.25, 0.3) is 11.7 Å². The minimum atomic E-state index is -0.195. The number of pyridine rings is 1. The number of methoxy groups -OCH3 is 1. The first-order valence-corrected chi connectivity index (χ1v) is 14.1. The fourth-order valence-electron chi connectivity index (χ4n) is 4.77. The molecule has 198 valence electrons. The molecule has 2 aromatic heterocycles. The number of anilines is 2. The van der Waals surface area contributed by atoms with Gasteiger partial charge in [0.2, 0.25) is 0 Å². The number of rotatable bonds is 8. The van der Waals surface area contributed by atoms with E-state index in [0.29, 0.717) is 45.9 Å². The molecule has 3 aromatic rings. The molecule has 5 rings (SSSR count). The van der Waals surface area contributed by atoms with E-state index in [1.165, 1.54) is 16.2 Å². The molecule has 0 aliphatic carbocycles. The average Bonchev–Trinajstić information content (AvgIpc) is 3.22. The highest BCUT2D eigenvalue weighted by molar-refractivity contribution is 8.26. The number of piperazine rings is 1. The second-order valence-electron chi connectivity index (χ2n) is 9.30. The van der Waals surface area contributed by atoms with Gasteiger partial charge in [-0.2, -0.15) is 0 Å². The van der Waals surface area contributed by atoms with E-state index in [9.17, 15) is 9.59 Å². The Balaban J connectivity index is 1.45. The fraction of sp³-hybridized carbons (Fsp3) is 0.357. The number of hydrogen-bond donors (Lipinski definition) is 0. The number of ether oxygens (including phenoxy) is 1. The lowest BCUT2D eigenvalue weighted by atomic mass is 10.2. The molecular weight excluding hydrogens is 518 g/mol. The summed E-state index contributed by atoms with van der Waals surface area (Å²) in [5.41, 5.74) is 1.93. The van der Waals surface area contributed by atoms with Gasteiger partial charge in [0.05, 0.1) is 17.6 Å². The normalized spacial score (nSPS) is 17.2. The molecule has 0 saturated carbocycles. The topological polar surface area (TPSA) is 70.4 Å². The van der Waals surface area contributed by atoms with E-state index in [1.807, 2.05) is 24.3 Å². The molecule has 38 heavy (non-hydrogen) atoms. The third-order valence-electron chi connectivity index (χ3n) is 6.90. The Labute approximate surface area is 231 Å². The zero-order valence-electron chi connectivity index (χ0n) is 21.6. The van der Waals surface area contributed by atoms with Crippen molar-refractivity contribution in [1.29, 1.82) is 0 Å². The average molecular weight is 550 g/mol. The van der Waals surface area contributed by atoms with Gasteiger partial charge in [-0.1, -0.05) is 49.8 Å². The summed E-state index contributed by atoms with van der Waals surface area (Å²) in [5.74, 6) is 1.30. The van der Waals surface area contributed by atoms with Crippen molar-refractivity contribution in [3.8, 4) is 5.75 Å². The summed E-state index contributed by atoms with van der Waals surface area (Å²) in [6.45, 7) is 5.68.